The maximum absolute atomic E-state index is 10.2. The van der Waals surface area contributed by atoms with Crippen molar-refractivity contribution >= 4 is 41.7 Å². The molecule has 0 aromatic carbocycles. The van der Waals surface area contributed by atoms with Gasteiger partial charge in [-0.2, -0.15) is 0 Å². The molecule has 9 heteroatoms. The van der Waals surface area contributed by atoms with E-state index in [9.17, 15) is 10.2 Å². The third-order valence-electron chi connectivity index (χ3n) is 4.38. The molecule has 0 radical (unpaired) electrons. The van der Waals surface area contributed by atoms with Crippen LogP contribution in [0.15, 0.2) is 4.99 Å². The molecule has 0 aromatic heterocycles. The van der Waals surface area contributed by atoms with Crippen molar-refractivity contribution in [3.05, 3.63) is 0 Å². The van der Waals surface area contributed by atoms with Gasteiger partial charge in [-0.3, -0.25) is 4.99 Å². The van der Waals surface area contributed by atoms with E-state index in [1.165, 1.54) is 37.4 Å². The summed E-state index contributed by atoms with van der Waals surface area (Å²) in [5, 5.41) is 27.8. The van der Waals surface area contributed by atoms with Crippen molar-refractivity contribution in [1.29, 1.82) is 0 Å². The van der Waals surface area contributed by atoms with Crippen LogP contribution in [-0.4, -0.2) is 64.8 Å². The number of rotatable bonds is 3. The molecule has 2 saturated heterocycles. The molecular weight excluding hydrogens is 349 g/mol. The van der Waals surface area contributed by atoms with Crippen LogP contribution in [0.4, 0.5) is 0 Å². The van der Waals surface area contributed by atoms with Crippen molar-refractivity contribution in [2.45, 2.75) is 61.5 Å². The second-order valence-corrected chi connectivity index (χ2v) is 6.82. The maximum atomic E-state index is 10.2. The van der Waals surface area contributed by atoms with Crippen LogP contribution in [0.1, 0.15) is 25.7 Å². The Morgan fingerprint density at radius 3 is 2.59 bits per heavy atom. The van der Waals surface area contributed by atoms with E-state index in [1.54, 1.807) is 7.05 Å². The third kappa shape index (κ3) is 4.20. The van der Waals surface area contributed by atoms with Crippen LogP contribution in [0, 0.1) is 0 Å². The van der Waals surface area contributed by atoms with Gasteiger partial charge in [0, 0.05) is 19.6 Å². The fraction of sp³-hybridized carbons (Fsp3) is 0.923. The summed E-state index contributed by atoms with van der Waals surface area (Å²) in [6.45, 7) is 0.589. The van der Waals surface area contributed by atoms with Gasteiger partial charge >= 0.3 is 0 Å². The zero-order chi connectivity index (χ0) is 14.1. The highest BCUT2D eigenvalue weighted by molar-refractivity contribution is 8.14. The first-order valence-electron chi connectivity index (χ1n) is 7.34. The van der Waals surface area contributed by atoms with Gasteiger partial charge in [0.05, 0.1) is 6.04 Å². The molecule has 2 heterocycles. The Bertz CT molecular complexity index is 386. The molecule has 0 aromatic rings. The molecular formula is C13H25Cl2N3O3S. The largest absolute Gasteiger partial charge is 0.388 e. The number of nitrogens with zero attached hydrogens (tertiary/aromatic N) is 1. The number of ether oxygens (including phenoxy) is 1. The summed E-state index contributed by atoms with van der Waals surface area (Å²) in [5.74, 6) is 0. The summed E-state index contributed by atoms with van der Waals surface area (Å²) in [6, 6.07) is 0.249. The SMILES string of the molecule is CN=C1N[C@@H]2[C@@H](O)[C@H](O)[C@@H](CNC3CCCC3)O[C@@H]2S1.Cl.Cl. The second-order valence-electron chi connectivity index (χ2n) is 5.73. The van der Waals surface area contributed by atoms with Crippen LogP contribution in [0.3, 0.4) is 0 Å². The van der Waals surface area contributed by atoms with E-state index in [0.717, 1.165) is 5.17 Å². The summed E-state index contributed by atoms with van der Waals surface area (Å²) in [7, 11) is 1.70. The Labute approximate surface area is 147 Å². The highest BCUT2D eigenvalue weighted by Crippen LogP contribution is 2.33. The van der Waals surface area contributed by atoms with Crippen LogP contribution in [0.2, 0.25) is 0 Å². The molecule has 1 saturated carbocycles. The molecule has 0 unspecified atom stereocenters. The number of hydrogen-bond donors (Lipinski definition) is 4. The monoisotopic (exact) mass is 373 g/mol. The van der Waals surface area contributed by atoms with Crippen molar-refractivity contribution < 1.29 is 14.9 Å². The van der Waals surface area contributed by atoms with Gasteiger partial charge < -0.3 is 25.6 Å². The van der Waals surface area contributed by atoms with E-state index in [1.807, 2.05) is 0 Å². The Kier molecular flexibility index (Phi) is 8.22. The molecule has 0 spiro atoms. The first kappa shape index (κ1) is 20.3. The lowest BCUT2D eigenvalue weighted by molar-refractivity contribution is -0.154. The van der Waals surface area contributed by atoms with Gasteiger partial charge in [0.1, 0.15) is 23.7 Å². The molecule has 0 amide bonds. The van der Waals surface area contributed by atoms with Crippen LogP contribution < -0.4 is 10.6 Å². The van der Waals surface area contributed by atoms with Gasteiger partial charge in [0.2, 0.25) is 0 Å². The van der Waals surface area contributed by atoms with Gasteiger partial charge in [-0.05, 0) is 12.8 Å². The maximum Gasteiger partial charge on any atom is 0.159 e. The fourth-order valence-corrected chi connectivity index (χ4v) is 4.27. The van der Waals surface area contributed by atoms with Crippen LogP contribution in [-0.2, 0) is 4.74 Å². The number of nitrogens with one attached hydrogen (secondary N) is 2. The first-order chi connectivity index (χ1) is 9.69. The highest BCUT2D eigenvalue weighted by Gasteiger charge is 2.48. The smallest absolute Gasteiger partial charge is 0.159 e. The summed E-state index contributed by atoms with van der Waals surface area (Å²) in [6.07, 6.45) is 2.88. The zero-order valence-corrected chi connectivity index (χ0v) is 14.9. The van der Waals surface area contributed by atoms with E-state index < -0.39 is 12.2 Å². The van der Waals surface area contributed by atoms with E-state index in [2.05, 4.69) is 15.6 Å². The molecule has 22 heavy (non-hydrogen) atoms. The Morgan fingerprint density at radius 1 is 1.27 bits per heavy atom. The molecule has 1 aliphatic carbocycles. The van der Waals surface area contributed by atoms with E-state index in [-0.39, 0.29) is 42.4 Å². The minimum atomic E-state index is -0.866. The number of aliphatic hydroxyl groups excluding tert-OH is 2. The molecule has 3 aliphatic rings. The Balaban J connectivity index is 0.00000121. The van der Waals surface area contributed by atoms with Crippen LogP contribution >= 0.6 is 36.6 Å². The molecule has 3 rings (SSSR count). The Morgan fingerprint density at radius 2 is 1.95 bits per heavy atom. The molecule has 4 N–H and O–H groups in total. The summed E-state index contributed by atoms with van der Waals surface area (Å²) >= 11 is 1.48. The standard InChI is InChI=1S/C13H23N3O3S.2ClH/c1-14-13-16-9-11(18)10(17)8(19-12(9)20-13)6-15-7-4-2-3-5-7;;/h7-12,15,17-18H,2-6H2,1H3,(H,14,16);2*1H/t8-,9-,10-,11-,12-;;/m1../s1. The number of aliphatic imine (C=N–C) groups is 1. The fourth-order valence-electron chi connectivity index (χ4n) is 3.17. The highest BCUT2D eigenvalue weighted by atomic mass is 35.5. The normalized spacial score (nSPS) is 39.8. The second kappa shape index (κ2) is 8.92. The Hall–Kier alpha value is 0.240. The van der Waals surface area contributed by atoms with Gasteiger partial charge in [-0.25, -0.2) is 0 Å². The third-order valence-corrected chi connectivity index (χ3v) is 5.55. The topological polar surface area (TPSA) is 86.1 Å². The molecule has 3 fully saturated rings. The van der Waals surface area contributed by atoms with Crippen molar-refractivity contribution in [3.8, 4) is 0 Å². The first-order valence-corrected chi connectivity index (χ1v) is 8.22. The van der Waals surface area contributed by atoms with Gasteiger partial charge in [-0.1, -0.05) is 24.6 Å². The lowest BCUT2D eigenvalue weighted by Crippen LogP contribution is -2.61. The zero-order valence-electron chi connectivity index (χ0n) is 12.5. The summed E-state index contributed by atoms with van der Waals surface area (Å²) in [4.78, 5) is 4.09. The minimum Gasteiger partial charge on any atom is -0.388 e. The van der Waals surface area contributed by atoms with Crippen molar-refractivity contribution in [2.75, 3.05) is 13.6 Å². The molecule has 0 bridgehead atoms. The number of fused-ring (bicyclic) bond motifs is 1. The van der Waals surface area contributed by atoms with Gasteiger partial charge in [0.15, 0.2) is 5.17 Å². The van der Waals surface area contributed by atoms with Crippen LogP contribution in [0.25, 0.3) is 0 Å². The predicted octanol–water partition coefficient (Wildman–Crippen LogP) is 0.500. The van der Waals surface area contributed by atoms with Gasteiger partial charge in [-0.15, -0.1) is 24.8 Å². The average molecular weight is 374 g/mol. The summed E-state index contributed by atoms with van der Waals surface area (Å²) < 4.78 is 5.93. The van der Waals surface area contributed by atoms with Gasteiger partial charge in [0.25, 0.3) is 0 Å². The van der Waals surface area contributed by atoms with E-state index in [4.69, 9.17) is 4.74 Å². The minimum absolute atomic E-state index is 0. The molecule has 6 nitrogen and oxygen atoms in total. The van der Waals surface area contributed by atoms with Crippen molar-refractivity contribution in [2.24, 2.45) is 4.99 Å². The molecule has 2 aliphatic heterocycles. The quantitative estimate of drug-likeness (QED) is 0.576. The lowest BCUT2D eigenvalue weighted by Gasteiger charge is -2.39. The summed E-state index contributed by atoms with van der Waals surface area (Å²) in [5.41, 5.74) is -0.178. The van der Waals surface area contributed by atoms with Crippen molar-refractivity contribution in [3.63, 3.8) is 0 Å². The number of aliphatic hydroxyl groups is 2. The van der Waals surface area contributed by atoms with E-state index >= 15 is 0 Å². The van der Waals surface area contributed by atoms with E-state index in [0.29, 0.717) is 12.6 Å². The molecule has 5 atom stereocenters. The number of thioether (sulfide) groups is 1. The average Bonchev–Trinajstić information content (AvgIpc) is 3.10. The number of hydrogen-bond acceptors (Lipinski definition) is 6. The number of halogens is 2. The lowest BCUT2D eigenvalue weighted by atomic mass is 9.97. The molecule has 130 valence electrons. The number of amidine groups is 1. The van der Waals surface area contributed by atoms with Crippen LogP contribution in [0.5, 0.6) is 0 Å². The predicted molar refractivity (Wildman–Crippen MR) is 93.3 cm³/mol. The van der Waals surface area contributed by atoms with Crippen molar-refractivity contribution in [1.82, 2.24) is 10.6 Å².